The van der Waals surface area contributed by atoms with Gasteiger partial charge in [-0.15, -0.1) is 11.3 Å². The van der Waals surface area contributed by atoms with Crippen molar-refractivity contribution >= 4 is 28.1 Å². The third-order valence-corrected chi connectivity index (χ3v) is 6.62. The van der Waals surface area contributed by atoms with Crippen LogP contribution in [-0.2, 0) is 0 Å². The van der Waals surface area contributed by atoms with E-state index in [-0.39, 0.29) is 5.91 Å². The molecule has 128 valence electrons. The van der Waals surface area contributed by atoms with Crippen molar-refractivity contribution in [1.29, 1.82) is 0 Å². The van der Waals surface area contributed by atoms with Crippen molar-refractivity contribution < 1.29 is 4.79 Å². The SMILES string of the molecule is Cc1ccc(-c2ccc3[nH]nc(C(=O)N4CC5CC4CN5C)c3c2)s1. The maximum Gasteiger partial charge on any atom is 0.275 e. The van der Waals surface area contributed by atoms with Crippen molar-refractivity contribution in [3.8, 4) is 10.4 Å². The molecule has 2 aliphatic heterocycles. The fraction of sp³-hybridized carbons (Fsp3) is 0.368. The number of carbonyl (C=O) groups excluding carboxylic acids is 1. The lowest BCUT2D eigenvalue weighted by atomic mass is 10.1. The van der Waals surface area contributed by atoms with Crippen LogP contribution in [0.1, 0.15) is 21.8 Å². The first-order valence-corrected chi connectivity index (χ1v) is 9.48. The first-order chi connectivity index (χ1) is 12.1. The lowest BCUT2D eigenvalue weighted by Gasteiger charge is -2.31. The highest BCUT2D eigenvalue weighted by Gasteiger charge is 2.44. The molecule has 4 heterocycles. The maximum atomic E-state index is 13.1. The molecule has 25 heavy (non-hydrogen) atoms. The zero-order chi connectivity index (χ0) is 17.1. The molecule has 0 spiro atoms. The van der Waals surface area contributed by atoms with Crippen LogP contribution in [0, 0.1) is 6.92 Å². The van der Waals surface area contributed by atoms with Crippen LogP contribution < -0.4 is 0 Å². The molecule has 1 N–H and O–H groups in total. The van der Waals surface area contributed by atoms with Gasteiger partial charge in [0, 0.05) is 40.3 Å². The molecular weight excluding hydrogens is 332 g/mol. The second kappa shape index (κ2) is 5.41. The largest absolute Gasteiger partial charge is 0.331 e. The fourth-order valence-electron chi connectivity index (χ4n) is 4.17. The minimum absolute atomic E-state index is 0.0614. The van der Waals surface area contributed by atoms with Crippen molar-refractivity contribution in [2.45, 2.75) is 25.4 Å². The van der Waals surface area contributed by atoms with E-state index in [0.29, 0.717) is 17.8 Å². The molecule has 3 aromatic rings. The van der Waals surface area contributed by atoms with Crippen molar-refractivity contribution in [2.24, 2.45) is 0 Å². The Morgan fingerprint density at radius 2 is 2.12 bits per heavy atom. The Bertz CT molecular complexity index is 973. The first kappa shape index (κ1) is 15.1. The highest BCUT2D eigenvalue weighted by Crippen LogP contribution is 2.33. The minimum Gasteiger partial charge on any atom is -0.331 e. The van der Waals surface area contributed by atoms with E-state index in [1.165, 1.54) is 9.75 Å². The lowest BCUT2D eigenvalue weighted by Crippen LogP contribution is -2.47. The quantitative estimate of drug-likeness (QED) is 0.771. The van der Waals surface area contributed by atoms with Crippen molar-refractivity contribution in [3.05, 3.63) is 40.9 Å². The smallest absolute Gasteiger partial charge is 0.275 e. The summed E-state index contributed by atoms with van der Waals surface area (Å²) in [6.45, 7) is 3.90. The molecule has 0 saturated carbocycles. The molecule has 1 amide bonds. The number of piperazine rings is 1. The predicted octanol–water partition coefficient (Wildman–Crippen LogP) is 3.13. The van der Waals surface area contributed by atoms with Gasteiger partial charge in [0.2, 0.25) is 0 Å². The summed E-state index contributed by atoms with van der Waals surface area (Å²) in [5, 5.41) is 8.30. The van der Waals surface area contributed by atoms with E-state index >= 15 is 0 Å². The molecule has 1 aromatic carbocycles. The molecule has 2 aliphatic rings. The normalized spacial score (nSPS) is 23.0. The second-order valence-electron chi connectivity index (χ2n) is 7.18. The zero-order valence-electron chi connectivity index (χ0n) is 14.3. The summed E-state index contributed by atoms with van der Waals surface area (Å²) in [6.07, 6.45) is 1.09. The average molecular weight is 352 g/mol. The van der Waals surface area contributed by atoms with Crippen LogP contribution in [0.25, 0.3) is 21.3 Å². The molecule has 2 aromatic heterocycles. The number of nitrogens with one attached hydrogen (secondary N) is 1. The van der Waals surface area contributed by atoms with Crippen LogP contribution in [0.5, 0.6) is 0 Å². The van der Waals surface area contributed by atoms with E-state index in [0.717, 1.165) is 36.0 Å². The van der Waals surface area contributed by atoms with Crippen LogP contribution in [-0.4, -0.2) is 58.1 Å². The van der Waals surface area contributed by atoms with Crippen molar-refractivity contribution in [2.75, 3.05) is 20.1 Å². The number of rotatable bonds is 2. The molecule has 0 radical (unpaired) electrons. The van der Waals surface area contributed by atoms with Gasteiger partial charge in [-0.2, -0.15) is 5.10 Å². The topological polar surface area (TPSA) is 52.2 Å². The number of amides is 1. The summed E-state index contributed by atoms with van der Waals surface area (Å²) in [4.78, 5) is 20.0. The monoisotopic (exact) mass is 352 g/mol. The molecule has 2 saturated heterocycles. The predicted molar refractivity (Wildman–Crippen MR) is 100 cm³/mol. The van der Waals surface area contributed by atoms with E-state index in [9.17, 15) is 4.79 Å². The maximum absolute atomic E-state index is 13.1. The summed E-state index contributed by atoms with van der Waals surface area (Å²) in [5.41, 5.74) is 2.62. The number of hydrogen-bond acceptors (Lipinski definition) is 4. The van der Waals surface area contributed by atoms with Gasteiger partial charge in [-0.25, -0.2) is 0 Å². The Hall–Kier alpha value is -2.18. The van der Waals surface area contributed by atoms with Gasteiger partial charge in [-0.3, -0.25) is 14.8 Å². The number of thiophene rings is 1. The van der Waals surface area contributed by atoms with Crippen LogP contribution in [0.2, 0.25) is 0 Å². The van der Waals surface area contributed by atoms with E-state index < -0.39 is 0 Å². The van der Waals surface area contributed by atoms with Crippen LogP contribution in [0.4, 0.5) is 0 Å². The summed E-state index contributed by atoms with van der Waals surface area (Å²) in [7, 11) is 2.14. The number of benzene rings is 1. The molecule has 2 atom stereocenters. The van der Waals surface area contributed by atoms with Crippen molar-refractivity contribution in [1.82, 2.24) is 20.0 Å². The number of aromatic nitrogens is 2. The van der Waals surface area contributed by atoms with Gasteiger partial charge in [-0.1, -0.05) is 6.07 Å². The Kier molecular flexibility index (Phi) is 3.27. The van der Waals surface area contributed by atoms with E-state index in [1.807, 2.05) is 11.0 Å². The van der Waals surface area contributed by atoms with Crippen LogP contribution in [0.15, 0.2) is 30.3 Å². The number of likely N-dealkylation sites (N-methyl/N-ethyl adjacent to an activating group) is 1. The lowest BCUT2D eigenvalue weighted by molar-refractivity contribution is 0.0646. The van der Waals surface area contributed by atoms with Crippen molar-refractivity contribution in [3.63, 3.8) is 0 Å². The number of fused-ring (bicyclic) bond motifs is 3. The third kappa shape index (κ3) is 2.32. The van der Waals surface area contributed by atoms with Gasteiger partial charge in [-0.05, 0) is 50.2 Å². The Labute approximate surface area is 150 Å². The number of H-pyrrole nitrogens is 1. The summed E-state index contributed by atoms with van der Waals surface area (Å²) < 4.78 is 0. The minimum atomic E-state index is 0.0614. The zero-order valence-corrected chi connectivity index (χ0v) is 15.1. The Balaban J connectivity index is 1.52. The number of carbonyl (C=O) groups is 1. The van der Waals surface area contributed by atoms with Gasteiger partial charge in [0.25, 0.3) is 5.91 Å². The summed E-state index contributed by atoms with van der Waals surface area (Å²) >= 11 is 1.77. The average Bonchev–Trinajstić information content (AvgIpc) is 3.35. The van der Waals surface area contributed by atoms with Crippen LogP contribution in [0.3, 0.4) is 0 Å². The van der Waals surface area contributed by atoms with Gasteiger partial charge >= 0.3 is 0 Å². The Morgan fingerprint density at radius 3 is 2.80 bits per heavy atom. The molecule has 2 fully saturated rings. The van der Waals surface area contributed by atoms with Crippen LogP contribution >= 0.6 is 11.3 Å². The Morgan fingerprint density at radius 1 is 1.24 bits per heavy atom. The molecule has 2 unspecified atom stereocenters. The van der Waals surface area contributed by atoms with Gasteiger partial charge in [0.15, 0.2) is 5.69 Å². The number of likely N-dealkylation sites (tertiary alicyclic amines) is 2. The molecule has 0 aliphatic carbocycles. The summed E-state index contributed by atoms with van der Waals surface area (Å²) in [5.74, 6) is 0.0614. The highest BCUT2D eigenvalue weighted by molar-refractivity contribution is 7.15. The van der Waals surface area contributed by atoms with E-state index in [1.54, 1.807) is 11.3 Å². The second-order valence-corrected chi connectivity index (χ2v) is 8.47. The van der Waals surface area contributed by atoms with E-state index in [4.69, 9.17) is 0 Å². The first-order valence-electron chi connectivity index (χ1n) is 8.66. The third-order valence-electron chi connectivity index (χ3n) is 5.57. The standard InChI is InChI=1S/C19H20N4OS/c1-11-3-6-17(25-11)12-4-5-16-15(7-12)18(21-20-16)19(24)23-10-13-8-14(23)9-22(13)2/h3-7,13-14H,8-10H2,1-2H3,(H,20,21). The molecule has 6 heteroatoms. The van der Waals surface area contributed by atoms with Gasteiger partial charge in [0.1, 0.15) is 0 Å². The molecule has 5 nitrogen and oxygen atoms in total. The fourth-order valence-corrected chi connectivity index (χ4v) is 5.03. The molecule has 5 rings (SSSR count). The highest BCUT2D eigenvalue weighted by atomic mass is 32.1. The number of aromatic amines is 1. The number of aryl methyl sites for hydroxylation is 1. The summed E-state index contributed by atoms with van der Waals surface area (Å²) in [6, 6.07) is 11.3. The number of nitrogens with zero attached hydrogens (tertiary/aromatic N) is 3. The molecule has 2 bridgehead atoms. The number of hydrogen-bond donors (Lipinski definition) is 1. The molecular formula is C19H20N4OS. The van der Waals surface area contributed by atoms with Gasteiger partial charge < -0.3 is 4.90 Å². The van der Waals surface area contributed by atoms with Gasteiger partial charge in [0.05, 0.1) is 5.52 Å². The van der Waals surface area contributed by atoms with E-state index in [2.05, 4.69) is 53.3 Å².